The summed E-state index contributed by atoms with van der Waals surface area (Å²) in [4.78, 5) is 0. The average Bonchev–Trinajstić information content (AvgIpc) is 2.63. The van der Waals surface area contributed by atoms with Crippen LogP contribution in [0.15, 0.2) is 0 Å². The number of aliphatic hydroxyl groups is 1. The molecule has 1 aliphatic heterocycles. The van der Waals surface area contributed by atoms with E-state index >= 15 is 0 Å². The molecule has 90 valence electrons. The molecule has 2 atom stereocenters. The molecule has 2 unspecified atom stereocenters. The molecule has 1 aliphatic rings. The molecule has 1 fully saturated rings. The van der Waals surface area contributed by atoms with Gasteiger partial charge in [0.25, 0.3) is 0 Å². The molecule has 1 heterocycles. The zero-order chi connectivity index (χ0) is 10.9. The van der Waals surface area contributed by atoms with Crippen molar-refractivity contribution in [2.75, 3.05) is 0 Å². The topological polar surface area (TPSA) is 29.5 Å². The molecular formula is C13H26O2. The molecule has 1 rings (SSSR count). The second-order valence-electron chi connectivity index (χ2n) is 4.70. The molecule has 0 aliphatic carbocycles. The molecule has 0 spiro atoms. The largest absolute Gasteiger partial charge is 0.368 e. The summed E-state index contributed by atoms with van der Waals surface area (Å²) in [6.07, 6.45) is 12.4. The normalized spacial score (nSPS) is 26.0. The molecule has 0 aromatic rings. The van der Waals surface area contributed by atoms with Crippen LogP contribution in [0.3, 0.4) is 0 Å². The highest BCUT2D eigenvalue weighted by Crippen LogP contribution is 2.22. The summed E-state index contributed by atoms with van der Waals surface area (Å²) in [5.74, 6) is 0. The van der Waals surface area contributed by atoms with E-state index in [9.17, 15) is 5.11 Å². The number of hydrogen-bond donors (Lipinski definition) is 1. The van der Waals surface area contributed by atoms with Crippen LogP contribution in [-0.4, -0.2) is 17.5 Å². The Morgan fingerprint density at radius 2 is 1.67 bits per heavy atom. The van der Waals surface area contributed by atoms with Crippen molar-refractivity contribution >= 4 is 0 Å². The Labute approximate surface area is 94.0 Å². The van der Waals surface area contributed by atoms with Crippen molar-refractivity contribution in [3.8, 4) is 0 Å². The zero-order valence-electron chi connectivity index (χ0n) is 10.1. The second kappa shape index (κ2) is 8.12. The Kier molecular flexibility index (Phi) is 7.03. The van der Waals surface area contributed by atoms with Crippen molar-refractivity contribution in [3.63, 3.8) is 0 Å². The van der Waals surface area contributed by atoms with Gasteiger partial charge in [-0.2, -0.15) is 0 Å². The highest BCUT2D eigenvalue weighted by molar-refractivity contribution is 4.67. The van der Waals surface area contributed by atoms with Crippen LogP contribution >= 0.6 is 0 Å². The number of unbranched alkanes of at least 4 members (excludes halogenated alkanes) is 6. The summed E-state index contributed by atoms with van der Waals surface area (Å²) in [6, 6.07) is 0. The van der Waals surface area contributed by atoms with Gasteiger partial charge in [0.1, 0.15) is 0 Å². The molecule has 0 radical (unpaired) electrons. The van der Waals surface area contributed by atoms with Crippen LogP contribution in [0.2, 0.25) is 0 Å². The summed E-state index contributed by atoms with van der Waals surface area (Å²) in [7, 11) is 0. The maximum atomic E-state index is 9.18. The molecule has 0 aromatic heterocycles. The third kappa shape index (κ3) is 6.16. The maximum absolute atomic E-state index is 9.18. The predicted molar refractivity (Wildman–Crippen MR) is 62.7 cm³/mol. The van der Waals surface area contributed by atoms with E-state index < -0.39 is 6.29 Å². The molecule has 0 bridgehead atoms. The lowest BCUT2D eigenvalue weighted by Gasteiger charge is -2.09. The quantitative estimate of drug-likeness (QED) is 0.625. The van der Waals surface area contributed by atoms with Crippen LogP contribution < -0.4 is 0 Å². The van der Waals surface area contributed by atoms with Gasteiger partial charge in [0, 0.05) is 6.42 Å². The van der Waals surface area contributed by atoms with Crippen molar-refractivity contribution in [2.24, 2.45) is 0 Å². The van der Waals surface area contributed by atoms with Gasteiger partial charge in [-0.3, -0.25) is 0 Å². The number of ether oxygens (including phenoxy) is 1. The Bertz CT molecular complexity index is 147. The first kappa shape index (κ1) is 13.0. The maximum Gasteiger partial charge on any atom is 0.154 e. The minimum Gasteiger partial charge on any atom is -0.368 e. The summed E-state index contributed by atoms with van der Waals surface area (Å²) in [5, 5.41) is 9.18. The SMILES string of the molecule is CCCCCCCCCC1CCC(O)O1. The summed E-state index contributed by atoms with van der Waals surface area (Å²) in [5.41, 5.74) is 0. The van der Waals surface area contributed by atoms with E-state index in [0.717, 1.165) is 19.3 Å². The van der Waals surface area contributed by atoms with Gasteiger partial charge < -0.3 is 9.84 Å². The summed E-state index contributed by atoms with van der Waals surface area (Å²) in [6.45, 7) is 2.25. The molecular weight excluding hydrogens is 188 g/mol. The van der Waals surface area contributed by atoms with Gasteiger partial charge in [-0.05, 0) is 12.8 Å². The molecule has 0 saturated carbocycles. The van der Waals surface area contributed by atoms with Gasteiger partial charge in [-0.15, -0.1) is 0 Å². The first-order chi connectivity index (χ1) is 7.33. The van der Waals surface area contributed by atoms with Crippen molar-refractivity contribution < 1.29 is 9.84 Å². The smallest absolute Gasteiger partial charge is 0.154 e. The lowest BCUT2D eigenvalue weighted by atomic mass is 10.1. The molecule has 0 aromatic carbocycles. The van der Waals surface area contributed by atoms with E-state index in [0.29, 0.717) is 6.10 Å². The minimum atomic E-state index is -0.473. The molecule has 1 N–H and O–H groups in total. The number of rotatable bonds is 8. The fraction of sp³-hybridized carbons (Fsp3) is 1.00. The molecule has 15 heavy (non-hydrogen) atoms. The van der Waals surface area contributed by atoms with Crippen molar-refractivity contribution in [2.45, 2.75) is 83.5 Å². The fourth-order valence-electron chi connectivity index (χ4n) is 2.23. The highest BCUT2D eigenvalue weighted by Gasteiger charge is 2.22. The van der Waals surface area contributed by atoms with E-state index in [1.165, 1.54) is 44.9 Å². The summed E-state index contributed by atoms with van der Waals surface area (Å²) < 4.78 is 5.36. The van der Waals surface area contributed by atoms with E-state index in [-0.39, 0.29) is 0 Å². The fourth-order valence-corrected chi connectivity index (χ4v) is 2.23. The monoisotopic (exact) mass is 214 g/mol. The van der Waals surface area contributed by atoms with Gasteiger partial charge in [-0.25, -0.2) is 0 Å². The van der Waals surface area contributed by atoms with Crippen LogP contribution in [0.4, 0.5) is 0 Å². The van der Waals surface area contributed by atoms with E-state index in [1.807, 2.05) is 0 Å². The van der Waals surface area contributed by atoms with Crippen LogP contribution in [-0.2, 0) is 4.74 Å². The number of aliphatic hydroxyl groups excluding tert-OH is 1. The van der Waals surface area contributed by atoms with Crippen LogP contribution in [0.1, 0.15) is 71.1 Å². The lowest BCUT2D eigenvalue weighted by molar-refractivity contribution is -0.0920. The van der Waals surface area contributed by atoms with E-state index in [4.69, 9.17) is 4.74 Å². The van der Waals surface area contributed by atoms with Gasteiger partial charge in [0.05, 0.1) is 6.10 Å². The van der Waals surface area contributed by atoms with Crippen molar-refractivity contribution in [1.82, 2.24) is 0 Å². The second-order valence-corrected chi connectivity index (χ2v) is 4.70. The number of hydrogen-bond acceptors (Lipinski definition) is 2. The van der Waals surface area contributed by atoms with Gasteiger partial charge >= 0.3 is 0 Å². The zero-order valence-corrected chi connectivity index (χ0v) is 10.1. The Morgan fingerprint density at radius 1 is 1.00 bits per heavy atom. The first-order valence-corrected chi connectivity index (χ1v) is 6.66. The third-order valence-corrected chi connectivity index (χ3v) is 3.21. The van der Waals surface area contributed by atoms with E-state index in [2.05, 4.69) is 6.92 Å². The van der Waals surface area contributed by atoms with Crippen LogP contribution in [0.5, 0.6) is 0 Å². The summed E-state index contributed by atoms with van der Waals surface area (Å²) >= 11 is 0. The molecule has 1 saturated heterocycles. The van der Waals surface area contributed by atoms with Gasteiger partial charge in [-0.1, -0.05) is 51.9 Å². The highest BCUT2D eigenvalue weighted by atomic mass is 16.6. The van der Waals surface area contributed by atoms with Crippen LogP contribution in [0.25, 0.3) is 0 Å². The van der Waals surface area contributed by atoms with Crippen molar-refractivity contribution in [3.05, 3.63) is 0 Å². The van der Waals surface area contributed by atoms with E-state index in [1.54, 1.807) is 0 Å². The van der Waals surface area contributed by atoms with Gasteiger partial charge in [0.15, 0.2) is 6.29 Å². The average molecular weight is 214 g/mol. The Hall–Kier alpha value is -0.0800. The molecule has 2 heteroatoms. The minimum absolute atomic E-state index is 0.343. The molecule has 2 nitrogen and oxygen atoms in total. The Balaban J connectivity index is 1.81. The molecule has 0 amide bonds. The lowest BCUT2D eigenvalue weighted by Crippen LogP contribution is -2.09. The predicted octanol–water partition coefficient (Wildman–Crippen LogP) is 3.62. The Morgan fingerprint density at radius 3 is 2.27 bits per heavy atom. The van der Waals surface area contributed by atoms with Crippen molar-refractivity contribution in [1.29, 1.82) is 0 Å². The third-order valence-electron chi connectivity index (χ3n) is 3.21. The van der Waals surface area contributed by atoms with Gasteiger partial charge in [0.2, 0.25) is 0 Å². The first-order valence-electron chi connectivity index (χ1n) is 6.66. The standard InChI is InChI=1S/C13H26O2/c1-2-3-4-5-6-7-8-9-12-10-11-13(14)15-12/h12-14H,2-11H2,1H3. The van der Waals surface area contributed by atoms with Crippen LogP contribution in [0, 0.1) is 0 Å².